The number of thiazole rings is 1. The van der Waals surface area contributed by atoms with Crippen molar-refractivity contribution in [3.63, 3.8) is 0 Å². The second-order valence-corrected chi connectivity index (χ2v) is 2.82. The third-order valence-electron chi connectivity index (χ3n) is 0.875. The van der Waals surface area contributed by atoms with Gasteiger partial charge < -0.3 is 0 Å². The Hall–Kier alpha value is -0.480. The maximum absolute atomic E-state index is 4.08. The van der Waals surface area contributed by atoms with E-state index in [1.165, 1.54) is 11.5 Å². The van der Waals surface area contributed by atoms with Crippen molar-refractivity contribution < 1.29 is 0 Å². The van der Waals surface area contributed by atoms with Crippen molar-refractivity contribution in [3.05, 3.63) is 10.9 Å². The van der Waals surface area contributed by atoms with Gasteiger partial charge in [0.05, 0.1) is 5.51 Å². The number of hydrogen-bond donors (Lipinski definition) is 0. The fourth-order valence-electron chi connectivity index (χ4n) is 0.522. The SMILES string of the molecule is c1nc2csnc2s1. The van der Waals surface area contributed by atoms with Crippen LogP contribution in [0.4, 0.5) is 0 Å². The van der Waals surface area contributed by atoms with Gasteiger partial charge >= 0.3 is 0 Å². The van der Waals surface area contributed by atoms with E-state index in [1.54, 1.807) is 11.3 Å². The summed E-state index contributed by atoms with van der Waals surface area (Å²) >= 11 is 3.04. The summed E-state index contributed by atoms with van der Waals surface area (Å²) in [4.78, 5) is 5.10. The van der Waals surface area contributed by atoms with E-state index in [1.807, 2.05) is 10.9 Å². The molecule has 2 nitrogen and oxygen atoms in total. The van der Waals surface area contributed by atoms with Crippen molar-refractivity contribution in [2.24, 2.45) is 0 Å². The Morgan fingerprint density at radius 2 is 2.50 bits per heavy atom. The Bertz CT molecular complexity index is 233. The van der Waals surface area contributed by atoms with Crippen LogP contribution in [0.25, 0.3) is 10.3 Å². The summed E-state index contributed by atoms with van der Waals surface area (Å²) in [7, 11) is 0. The third kappa shape index (κ3) is 0.468. The molecule has 0 aromatic carbocycles. The van der Waals surface area contributed by atoms with Crippen LogP contribution in [0.2, 0.25) is 0 Å². The number of fused-ring (bicyclic) bond motifs is 1. The molecule has 0 aliphatic heterocycles. The lowest BCUT2D eigenvalue weighted by molar-refractivity contribution is 1.51. The first-order valence-corrected chi connectivity index (χ1v) is 3.82. The Kier molecular flexibility index (Phi) is 0.824. The highest BCUT2D eigenvalue weighted by Gasteiger charge is 1.94. The van der Waals surface area contributed by atoms with Gasteiger partial charge in [-0.2, -0.15) is 4.37 Å². The zero-order chi connectivity index (χ0) is 5.40. The van der Waals surface area contributed by atoms with Crippen molar-refractivity contribution in [1.29, 1.82) is 0 Å². The second kappa shape index (κ2) is 1.50. The van der Waals surface area contributed by atoms with Crippen LogP contribution in [0.3, 0.4) is 0 Å². The van der Waals surface area contributed by atoms with Crippen LogP contribution in [0.1, 0.15) is 0 Å². The highest BCUT2D eigenvalue weighted by Crippen LogP contribution is 2.16. The molecule has 0 spiro atoms. The number of aromatic nitrogens is 2. The lowest BCUT2D eigenvalue weighted by atomic mass is 10.7. The first-order chi connectivity index (χ1) is 3.97. The zero-order valence-corrected chi connectivity index (χ0v) is 5.50. The van der Waals surface area contributed by atoms with E-state index in [4.69, 9.17) is 0 Å². The molecule has 0 saturated heterocycles. The highest BCUT2D eigenvalue weighted by atomic mass is 32.1. The summed E-state index contributed by atoms with van der Waals surface area (Å²) in [5, 5.41) is 1.95. The predicted molar refractivity (Wildman–Crippen MR) is 35.3 cm³/mol. The van der Waals surface area contributed by atoms with Crippen molar-refractivity contribution in [2.75, 3.05) is 0 Å². The molecule has 0 bridgehead atoms. The molecule has 0 atom stereocenters. The predicted octanol–water partition coefficient (Wildman–Crippen LogP) is 1.75. The summed E-state index contributed by atoms with van der Waals surface area (Å²) in [5.41, 5.74) is 2.84. The van der Waals surface area contributed by atoms with Gasteiger partial charge in [0, 0.05) is 5.38 Å². The summed E-state index contributed by atoms with van der Waals surface area (Å²) in [5.74, 6) is 0. The van der Waals surface area contributed by atoms with Crippen molar-refractivity contribution in [2.45, 2.75) is 0 Å². The van der Waals surface area contributed by atoms with Gasteiger partial charge in [-0.3, -0.25) is 0 Å². The van der Waals surface area contributed by atoms with E-state index in [0.717, 1.165) is 10.3 Å². The Morgan fingerprint density at radius 3 is 3.38 bits per heavy atom. The van der Waals surface area contributed by atoms with E-state index >= 15 is 0 Å². The van der Waals surface area contributed by atoms with Gasteiger partial charge in [0.1, 0.15) is 5.52 Å². The van der Waals surface area contributed by atoms with Crippen LogP contribution < -0.4 is 0 Å². The summed E-state index contributed by atoms with van der Waals surface area (Å²) in [6, 6.07) is 0. The van der Waals surface area contributed by atoms with Gasteiger partial charge in [0.2, 0.25) is 0 Å². The molecule has 0 fully saturated rings. The van der Waals surface area contributed by atoms with Crippen molar-refractivity contribution in [1.82, 2.24) is 9.36 Å². The van der Waals surface area contributed by atoms with Gasteiger partial charge in [-0.25, -0.2) is 4.98 Å². The summed E-state index contributed by atoms with van der Waals surface area (Å²) < 4.78 is 4.08. The molecule has 2 aromatic rings. The standard InChI is InChI=1S/C4H2N2S2/c1-3-4(6-8-1)7-2-5-3/h1-2H. The fourth-order valence-corrected chi connectivity index (χ4v) is 1.91. The van der Waals surface area contributed by atoms with Gasteiger partial charge in [0.25, 0.3) is 0 Å². The summed E-state index contributed by atoms with van der Waals surface area (Å²) in [6.07, 6.45) is 0. The summed E-state index contributed by atoms with van der Waals surface area (Å²) in [6.45, 7) is 0. The van der Waals surface area contributed by atoms with Crippen LogP contribution in [-0.2, 0) is 0 Å². The topological polar surface area (TPSA) is 25.8 Å². The molecule has 2 heterocycles. The van der Waals surface area contributed by atoms with Gasteiger partial charge in [-0.15, -0.1) is 11.3 Å². The molecule has 0 unspecified atom stereocenters. The maximum atomic E-state index is 4.08. The maximum Gasteiger partial charge on any atom is 0.157 e. The number of nitrogens with zero attached hydrogens (tertiary/aromatic N) is 2. The van der Waals surface area contributed by atoms with E-state index in [9.17, 15) is 0 Å². The van der Waals surface area contributed by atoms with Gasteiger partial charge in [0.15, 0.2) is 4.83 Å². The van der Waals surface area contributed by atoms with E-state index in [0.29, 0.717) is 0 Å². The molecule has 4 heteroatoms. The largest absolute Gasteiger partial charge is 0.242 e. The van der Waals surface area contributed by atoms with Gasteiger partial charge in [-0.05, 0) is 11.5 Å². The molecule has 2 rings (SSSR count). The van der Waals surface area contributed by atoms with Crippen LogP contribution in [0.5, 0.6) is 0 Å². The third-order valence-corrected chi connectivity index (χ3v) is 2.34. The smallest absolute Gasteiger partial charge is 0.157 e. The fraction of sp³-hybridized carbons (Fsp3) is 0. The highest BCUT2D eigenvalue weighted by molar-refractivity contribution is 7.18. The first kappa shape index (κ1) is 4.40. The molecule has 0 amide bonds. The lowest BCUT2D eigenvalue weighted by Crippen LogP contribution is -1.51. The average Bonchev–Trinajstić information content (AvgIpc) is 2.15. The molecule has 0 radical (unpaired) electrons. The molecule has 40 valence electrons. The molecule has 0 aliphatic rings. The van der Waals surface area contributed by atoms with E-state index < -0.39 is 0 Å². The van der Waals surface area contributed by atoms with Crippen LogP contribution in [0.15, 0.2) is 10.9 Å². The lowest BCUT2D eigenvalue weighted by Gasteiger charge is -1.59. The Labute approximate surface area is 54.0 Å². The first-order valence-electron chi connectivity index (χ1n) is 2.10. The minimum Gasteiger partial charge on any atom is -0.242 e. The van der Waals surface area contributed by atoms with Crippen molar-refractivity contribution >= 4 is 33.2 Å². The van der Waals surface area contributed by atoms with E-state index in [-0.39, 0.29) is 0 Å². The van der Waals surface area contributed by atoms with E-state index in [2.05, 4.69) is 9.36 Å². The Balaban J connectivity index is 3.06. The number of rotatable bonds is 0. The number of hydrogen-bond acceptors (Lipinski definition) is 4. The average molecular weight is 142 g/mol. The molecular formula is C4H2N2S2. The quantitative estimate of drug-likeness (QED) is 0.560. The van der Waals surface area contributed by atoms with Crippen molar-refractivity contribution in [3.8, 4) is 0 Å². The molecule has 0 aliphatic carbocycles. The van der Waals surface area contributed by atoms with Crippen LogP contribution >= 0.6 is 22.9 Å². The molecule has 0 N–H and O–H groups in total. The van der Waals surface area contributed by atoms with Crippen LogP contribution in [0, 0.1) is 0 Å². The normalized spacial score (nSPS) is 10.5. The molecular weight excluding hydrogens is 140 g/mol. The molecule has 0 saturated carbocycles. The van der Waals surface area contributed by atoms with Gasteiger partial charge in [-0.1, -0.05) is 0 Å². The monoisotopic (exact) mass is 142 g/mol. The molecule has 8 heavy (non-hydrogen) atoms. The molecule has 2 aromatic heterocycles. The minimum absolute atomic E-state index is 1.03. The van der Waals surface area contributed by atoms with Crippen LogP contribution in [-0.4, -0.2) is 9.36 Å². The zero-order valence-electron chi connectivity index (χ0n) is 3.87. The minimum atomic E-state index is 1.03. The second-order valence-electron chi connectivity index (χ2n) is 1.36. The Morgan fingerprint density at radius 1 is 1.50 bits per heavy atom.